The summed E-state index contributed by atoms with van der Waals surface area (Å²) in [5.74, 6) is -1.42. The Morgan fingerprint density at radius 3 is 2.62 bits per heavy atom. The van der Waals surface area contributed by atoms with Crippen molar-refractivity contribution < 1.29 is 18.7 Å². The fourth-order valence-corrected chi connectivity index (χ4v) is 2.71. The lowest BCUT2D eigenvalue weighted by atomic mass is 10.2. The fourth-order valence-electron chi connectivity index (χ4n) is 2.71. The Balaban J connectivity index is 2.38. The largest absolute Gasteiger partial charge is 0.481 e. The lowest BCUT2D eigenvalue weighted by Crippen LogP contribution is -2.44. The molecule has 0 spiro atoms. The van der Waals surface area contributed by atoms with Crippen LogP contribution in [0.5, 0.6) is 5.75 Å². The number of anilines is 2. The Hall–Kier alpha value is -3.14. The smallest absolute Gasteiger partial charge is 0.330 e. The van der Waals surface area contributed by atoms with Crippen LogP contribution in [0.4, 0.5) is 15.9 Å². The molecular formula is C19H25FN4O5. The van der Waals surface area contributed by atoms with E-state index in [0.29, 0.717) is 0 Å². The number of amides is 1. The summed E-state index contributed by atoms with van der Waals surface area (Å²) in [6.07, 6.45) is 0. The second-order valence-electron chi connectivity index (χ2n) is 6.75. The minimum absolute atomic E-state index is 0.0108. The number of nitrogen functional groups attached to an aromatic ring is 1. The summed E-state index contributed by atoms with van der Waals surface area (Å²) in [4.78, 5) is 40.6. The van der Waals surface area contributed by atoms with Crippen molar-refractivity contribution in [2.45, 2.75) is 20.4 Å². The van der Waals surface area contributed by atoms with Crippen LogP contribution in [0.3, 0.4) is 0 Å². The molecule has 3 N–H and O–H groups in total. The number of carbonyl (C=O) groups is 1. The molecule has 29 heavy (non-hydrogen) atoms. The van der Waals surface area contributed by atoms with Crippen molar-refractivity contribution in [2.75, 3.05) is 37.5 Å². The molecule has 0 saturated heterocycles. The molecule has 0 bridgehead atoms. The maximum absolute atomic E-state index is 13.7. The quantitative estimate of drug-likeness (QED) is 0.638. The van der Waals surface area contributed by atoms with E-state index in [1.807, 2.05) is 13.8 Å². The molecule has 0 radical (unpaired) electrons. The predicted octanol–water partition coefficient (Wildman–Crippen LogP) is 0.972. The van der Waals surface area contributed by atoms with Gasteiger partial charge in [-0.25, -0.2) is 9.18 Å². The zero-order valence-corrected chi connectivity index (χ0v) is 16.6. The number of carbonyl (C=O) groups excluding carboxylic acids is 1. The van der Waals surface area contributed by atoms with Crippen molar-refractivity contribution in [1.29, 1.82) is 0 Å². The molecule has 0 aliphatic rings. The Morgan fingerprint density at radius 2 is 2.00 bits per heavy atom. The Kier molecular flexibility index (Phi) is 7.54. The van der Waals surface area contributed by atoms with E-state index in [9.17, 15) is 18.8 Å². The third-order valence-corrected chi connectivity index (χ3v) is 4.04. The highest BCUT2D eigenvalue weighted by Gasteiger charge is 2.25. The molecule has 158 valence electrons. The molecule has 0 unspecified atom stereocenters. The molecule has 2 aromatic rings. The van der Waals surface area contributed by atoms with Crippen LogP contribution in [-0.2, 0) is 16.1 Å². The van der Waals surface area contributed by atoms with E-state index in [1.165, 1.54) is 29.9 Å². The molecule has 0 saturated carbocycles. The summed E-state index contributed by atoms with van der Waals surface area (Å²) in [7, 11) is 1.44. The van der Waals surface area contributed by atoms with Crippen LogP contribution < -0.4 is 26.6 Å². The Bertz CT molecular complexity index is 970. The predicted molar refractivity (Wildman–Crippen MR) is 107 cm³/mol. The molecule has 10 heteroatoms. The maximum atomic E-state index is 13.7. The number of nitrogens with two attached hydrogens (primary N) is 1. The lowest BCUT2D eigenvalue weighted by molar-refractivity contribution is -0.120. The topological polar surface area (TPSA) is 120 Å². The van der Waals surface area contributed by atoms with Crippen molar-refractivity contribution in [2.24, 2.45) is 5.92 Å². The SMILES string of the molecule is COCCN(C(=O)COc1ccccc1F)c1c(N)n(CC(C)C)c(=O)[nH]c1=O. The van der Waals surface area contributed by atoms with Crippen molar-refractivity contribution in [1.82, 2.24) is 9.55 Å². The molecule has 1 aromatic carbocycles. The number of para-hydroxylation sites is 1. The van der Waals surface area contributed by atoms with Gasteiger partial charge >= 0.3 is 5.69 Å². The van der Waals surface area contributed by atoms with E-state index < -0.39 is 29.6 Å². The number of hydrogen-bond donors (Lipinski definition) is 2. The number of hydrogen-bond acceptors (Lipinski definition) is 6. The average molecular weight is 408 g/mol. The lowest BCUT2D eigenvalue weighted by Gasteiger charge is -2.24. The number of benzene rings is 1. The van der Waals surface area contributed by atoms with Gasteiger partial charge in [0.2, 0.25) is 0 Å². The fraction of sp³-hybridized carbons (Fsp3) is 0.421. The number of aromatic amines is 1. The van der Waals surface area contributed by atoms with Crippen molar-refractivity contribution >= 4 is 17.4 Å². The van der Waals surface area contributed by atoms with Gasteiger partial charge in [-0.2, -0.15) is 0 Å². The van der Waals surface area contributed by atoms with E-state index in [2.05, 4.69) is 4.98 Å². The molecule has 0 atom stereocenters. The van der Waals surface area contributed by atoms with Crippen LogP contribution in [0.1, 0.15) is 13.8 Å². The second-order valence-corrected chi connectivity index (χ2v) is 6.75. The van der Waals surface area contributed by atoms with Crippen molar-refractivity contribution in [3.8, 4) is 5.75 Å². The molecule has 9 nitrogen and oxygen atoms in total. The molecule has 1 aromatic heterocycles. The van der Waals surface area contributed by atoms with Crippen molar-refractivity contribution in [3.05, 3.63) is 50.9 Å². The van der Waals surface area contributed by atoms with Crippen LogP contribution in [0.25, 0.3) is 0 Å². The highest BCUT2D eigenvalue weighted by atomic mass is 19.1. The molecule has 1 heterocycles. The minimum Gasteiger partial charge on any atom is -0.481 e. The van der Waals surface area contributed by atoms with E-state index >= 15 is 0 Å². The monoisotopic (exact) mass is 408 g/mol. The summed E-state index contributed by atoms with van der Waals surface area (Å²) in [6.45, 7) is 3.58. The summed E-state index contributed by atoms with van der Waals surface area (Å²) < 4.78 is 25.2. The summed E-state index contributed by atoms with van der Waals surface area (Å²) >= 11 is 0. The highest BCUT2D eigenvalue weighted by molar-refractivity contribution is 5.96. The first-order valence-electron chi connectivity index (χ1n) is 9.05. The van der Waals surface area contributed by atoms with E-state index in [0.717, 1.165) is 4.90 Å². The van der Waals surface area contributed by atoms with Gasteiger partial charge in [0, 0.05) is 20.2 Å². The number of ether oxygens (including phenoxy) is 2. The first-order valence-corrected chi connectivity index (χ1v) is 9.05. The molecule has 2 rings (SSSR count). The van der Waals surface area contributed by atoms with Crippen LogP contribution >= 0.6 is 0 Å². The van der Waals surface area contributed by atoms with Gasteiger partial charge in [-0.3, -0.25) is 24.0 Å². The first kappa shape index (κ1) is 22.2. The summed E-state index contributed by atoms with van der Waals surface area (Å²) in [5.41, 5.74) is 4.44. The number of methoxy groups -OCH3 is 1. The molecular weight excluding hydrogens is 383 g/mol. The number of aromatic nitrogens is 2. The van der Waals surface area contributed by atoms with Crippen LogP contribution in [0.2, 0.25) is 0 Å². The van der Waals surface area contributed by atoms with Gasteiger partial charge in [0.05, 0.1) is 6.61 Å². The summed E-state index contributed by atoms with van der Waals surface area (Å²) in [5, 5.41) is 0. The number of nitrogens with one attached hydrogen (secondary N) is 1. The Labute approximate surface area is 166 Å². The van der Waals surface area contributed by atoms with Gasteiger partial charge in [0.25, 0.3) is 11.5 Å². The third-order valence-electron chi connectivity index (χ3n) is 4.04. The third kappa shape index (κ3) is 5.44. The van der Waals surface area contributed by atoms with Gasteiger partial charge in [0.1, 0.15) is 5.82 Å². The summed E-state index contributed by atoms with van der Waals surface area (Å²) in [6, 6.07) is 5.64. The first-order chi connectivity index (χ1) is 13.8. The molecule has 0 aliphatic carbocycles. The second kappa shape index (κ2) is 9.87. The maximum Gasteiger partial charge on any atom is 0.330 e. The number of halogens is 1. The van der Waals surface area contributed by atoms with Crippen molar-refractivity contribution in [3.63, 3.8) is 0 Å². The zero-order chi connectivity index (χ0) is 21.6. The number of nitrogens with zero attached hydrogens (tertiary/aromatic N) is 2. The van der Waals surface area contributed by atoms with Gasteiger partial charge in [0.15, 0.2) is 23.9 Å². The number of H-pyrrole nitrogens is 1. The van der Waals surface area contributed by atoms with E-state index in [1.54, 1.807) is 6.07 Å². The number of rotatable bonds is 9. The van der Waals surface area contributed by atoms with Crippen LogP contribution in [0, 0.1) is 11.7 Å². The minimum atomic E-state index is -0.803. The van der Waals surface area contributed by atoms with Gasteiger partial charge in [-0.15, -0.1) is 0 Å². The van der Waals surface area contributed by atoms with Gasteiger partial charge in [-0.05, 0) is 18.1 Å². The molecule has 0 aliphatic heterocycles. The average Bonchev–Trinajstić information content (AvgIpc) is 2.66. The van der Waals surface area contributed by atoms with Gasteiger partial charge < -0.3 is 15.2 Å². The van der Waals surface area contributed by atoms with E-state index in [-0.39, 0.29) is 42.9 Å². The highest BCUT2D eigenvalue weighted by Crippen LogP contribution is 2.19. The van der Waals surface area contributed by atoms with Gasteiger partial charge in [-0.1, -0.05) is 26.0 Å². The van der Waals surface area contributed by atoms with Crippen LogP contribution in [-0.4, -0.2) is 42.3 Å². The van der Waals surface area contributed by atoms with Crippen LogP contribution in [0.15, 0.2) is 33.9 Å². The zero-order valence-electron chi connectivity index (χ0n) is 16.6. The van der Waals surface area contributed by atoms with E-state index in [4.69, 9.17) is 15.2 Å². The molecule has 1 amide bonds. The Morgan fingerprint density at radius 1 is 1.31 bits per heavy atom. The molecule has 0 fully saturated rings. The standard InChI is InChI=1S/C19H25FN4O5/c1-12(2)10-24-17(21)16(18(26)22-19(24)27)23(8-9-28-3)15(25)11-29-14-7-5-4-6-13(14)20/h4-7,12H,8-11,21H2,1-3H3,(H,22,26,27). The normalized spacial score (nSPS) is 10.9.